The molecule has 3 amide bonds. The zero-order valence-corrected chi connectivity index (χ0v) is 24.1. The van der Waals surface area contributed by atoms with Gasteiger partial charge in [0.1, 0.15) is 23.4 Å². The maximum Gasteiger partial charge on any atom is 0.408 e. The van der Waals surface area contributed by atoms with Gasteiger partial charge in [-0.25, -0.2) is 4.79 Å². The van der Waals surface area contributed by atoms with Crippen molar-refractivity contribution in [3.63, 3.8) is 0 Å². The second-order valence-electron chi connectivity index (χ2n) is 11.6. The predicted molar refractivity (Wildman–Crippen MR) is 154 cm³/mol. The summed E-state index contributed by atoms with van der Waals surface area (Å²) < 4.78 is 5.42. The number of terminal acetylenes is 1. The molecule has 2 aromatic carbocycles. The lowest BCUT2D eigenvalue weighted by atomic mass is 9.94. The monoisotopic (exact) mass is 547 g/mol. The third-order valence-electron chi connectivity index (χ3n) is 6.76. The Kier molecular flexibility index (Phi) is 10.2. The van der Waals surface area contributed by atoms with Gasteiger partial charge in [0.2, 0.25) is 5.91 Å². The van der Waals surface area contributed by atoms with Gasteiger partial charge in [0.25, 0.3) is 5.91 Å². The van der Waals surface area contributed by atoms with Gasteiger partial charge in [-0.2, -0.15) is 0 Å². The Morgan fingerprint density at radius 2 is 1.65 bits per heavy atom. The van der Waals surface area contributed by atoms with Crippen molar-refractivity contribution in [2.75, 3.05) is 0 Å². The molecule has 0 aliphatic heterocycles. The highest BCUT2D eigenvalue weighted by atomic mass is 16.6. The molecule has 0 spiro atoms. The minimum Gasteiger partial charge on any atom is -0.508 e. The van der Waals surface area contributed by atoms with Crippen LogP contribution in [0, 0.1) is 26.3 Å². The molecule has 1 saturated carbocycles. The molecule has 40 heavy (non-hydrogen) atoms. The fourth-order valence-corrected chi connectivity index (χ4v) is 5.06. The summed E-state index contributed by atoms with van der Waals surface area (Å²) in [6, 6.07) is 12.2. The third kappa shape index (κ3) is 8.77. The summed E-state index contributed by atoms with van der Waals surface area (Å²) in [6.45, 7) is 9.02. The zero-order chi connectivity index (χ0) is 29.4. The van der Waals surface area contributed by atoms with E-state index in [1.165, 1.54) is 12.1 Å². The topological polar surface area (TPSA) is 108 Å². The average molecular weight is 548 g/mol. The Morgan fingerprint density at radius 3 is 2.20 bits per heavy atom. The smallest absolute Gasteiger partial charge is 0.408 e. The van der Waals surface area contributed by atoms with Crippen LogP contribution in [0.25, 0.3) is 0 Å². The standard InChI is InChI=1S/C32H41N3O5/c1-7-35(28(24-18-21(2)17-22(3)19-24)29(37)33-25-11-9-8-10-12-25)30(38)27(34-31(39)40-32(4,5)6)20-23-13-15-26(36)16-14-23/h1,13-19,25,27-28,36H,8-12,20H2,2-6H3,(H,33,37)(H,34,39). The Labute approximate surface area is 237 Å². The maximum absolute atomic E-state index is 14.1. The molecule has 8 nitrogen and oxygen atoms in total. The van der Waals surface area contributed by atoms with Crippen molar-refractivity contribution in [1.82, 2.24) is 15.5 Å². The van der Waals surface area contributed by atoms with Crippen molar-refractivity contribution in [2.24, 2.45) is 0 Å². The number of ether oxygens (including phenoxy) is 1. The van der Waals surface area contributed by atoms with Gasteiger partial charge in [-0.3, -0.25) is 14.5 Å². The van der Waals surface area contributed by atoms with Crippen LogP contribution in [-0.2, 0) is 20.7 Å². The fourth-order valence-electron chi connectivity index (χ4n) is 5.06. The maximum atomic E-state index is 14.1. The Morgan fingerprint density at radius 1 is 1.05 bits per heavy atom. The molecule has 0 aromatic heterocycles. The number of nitrogens with one attached hydrogen (secondary N) is 2. The number of nitrogens with zero attached hydrogens (tertiary/aromatic N) is 1. The van der Waals surface area contributed by atoms with Crippen LogP contribution < -0.4 is 10.6 Å². The lowest BCUT2D eigenvalue weighted by molar-refractivity contribution is -0.139. The number of hydrogen-bond acceptors (Lipinski definition) is 5. The minimum absolute atomic E-state index is 0.0112. The molecule has 0 saturated heterocycles. The summed E-state index contributed by atoms with van der Waals surface area (Å²) in [5, 5.41) is 15.5. The molecule has 1 aliphatic carbocycles. The molecule has 2 aromatic rings. The number of hydrogen-bond donors (Lipinski definition) is 3. The van der Waals surface area contributed by atoms with E-state index in [4.69, 9.17) is 11.2 Å². The number of amides is 3. The number of phenols is 1. The van der Waals surface area contributed by atoms with Crippen LogP contribution >= 0.6 is 0 Å². The number of alkyl carbamates (subject to hydrolysis) is 1. The third-order valence-corrected chi connectivity index (χ3v) is 6.76. The number of carbonyl (C=O) groups is 3. The molecule has 0 bridgehead atoms. The van der Waals surface area contributed by atoms with Crippen molar-refractivity contribution >= 4 is 17.9 Å². The number of rotatable bonds is 8. The first-order valence-corrected chi connectivity index (χ1v) is 13.8. The largest absolute Gasteiger partial charge is 0.508 e. The van der Waals surface area contributed by atoms with Crippen molar-refractivity contribution in [2.45, 2.75) is 96.9 Å². The van der Waals surface area contributed by atoms with Crippen LogP contribution in [0.15, 0.2) is 42.5 Å². The van der Waals surface area contributed by atoms with E-state index in [1.807, 2.05) is 32.0 Å². The predicted octanol–water partition coefficient (Wildman–Crippen LogP) is 5.05. The molecule has 1 fully saturated rings. The van der Waals surface area contributed by atoms with E-state index in [1.54, 1.807) is 32.9 Å². The Hall–Kier alpha value is -3.99. The van der Waals surface area contributed by atoms with Gasteiger partial charge < -0.3 is 20.5 Å². The van der Waals surface area contributed by atoms with Gasteiger partial charge in [-0.05, 0) is 70.7 Å². The highest BCUT2D eigenvalue weighted by Crippen LogP contribution is 2.27. The number of benzene rings is 2. The minimum atomic E-state index is -1.13. The van der Waals surface area contributed by atoms with Gasteiger partial charge in [-0.15, -0.1) is 0 Å². The van der Waals surface area contributed by atoms with Gasteiger partial charge in [0.15, 0.2) is 0 Å². The molecule has 3 N–H and O–H groups in total. The molecule has 1 aliphatic rings. The van der Waals surface area contributed by atoms with E-state index < -0.39 is 29.7 Å². The lowest BCUT2D eigenvalue weighted by Gasteiger charge is -2.32. The lowest BCUT2D eigenvalue weighted by Crippen LogP contribution is -2.53. The highest BCUT2D eigenvalue weighted by Gasteiger charge is 2.37. The molecule has 2 atom stereocenters. The number of carbonyl (C=O) groups excluding carboxylic acids is 3. The molecular weight excluding hydrogens is 506 g/mol. The van der Waals surface area contributed by atoms with Crippen LogP contribution in [0.3, 0.4) is 0 Å². The average Bonchev–Trinajstić information content (AvgIpc) is 2.86. The number of phenolic OH excluding ortho intramolecular Hbond substituents is 1. The number of aryl methyl sites for hydroxylation is 2. The van der Waals surface area contributed by atoms with Crippen LogP contribution in [-0.4, -0.2) is 45.6 Å². The second kappa shape index (κ2) is 13.4. The molecule has 8 heteroatoms. The van der Waals surface area contributed by atoms with Gasteiger partial charge in [0, 0.05) is 18.5 Å². The van der Waals surface area contributed by atoms with Crippen LogP contribution in [0.5, 0.6) is 5.75 Å². The van der Waals surface area contributed by atoms with Gasteiger partial charge in [-0.1, -0.05) is 67.1 Å². The first kappa shape index (κ1) is 30.6. The van der Waals surface area contributed by atoms with Crippen molar-refractivity contribution < 1.29 is 24.2 Å². The fraction of sp³-hybridized carbons (Fsp3) is 0.469. The Bertz CT molecular complexity index is 1220. The first-order valence-electron chi connectivity index (χ1n) is 13.8. The van der Waals surface area contributed by atoms with Gasteiger partial charge in [0.05, 0.1) is 0 Å². The van der Waals surface area contributed by atoms with Gasteiger partial charge >= 0.3 is 6.09 Å². The molecular formula is C32H41N3O5. The second-order valence-corrected chi connectivity index (χ2v) is 11.6. The van der Waals surface area contributed by atoms with E-state index >= 15 is 0 Å². The quantitative estimate of drug-likeness (QED) is 0.317. The van der Waals surface area contributed by atoms with Crippen LogP contribution in [0.2, 0.25) is 0 Å². The summed E-state index contributed by atoms with van der Waals surface area (Å²) in [6.07, 6.45) is 10.2. The number of aromatic hydroxyl groups is 1. The summed E-state index contributed by atoms with van der Waals surface area (Å²) in [4.78, 5) is 41.8. The normalized spacial score (nSPS) is 15.3. The van der Waals surface area contributed by atoms with E-state index in [-0.39, 0.29) is 24.1 Å². The highest BCUT2D eigenvalue weighted by molar-refractivity contribution is 5.93. The van der Waals surface area contributed by atoms with Crippen molar-refractivity contribution in [3.8, 4) is 18.2 Å². The van der Waals surface area contributed by atoms with E-state index in [0.29, 0.717) is 11.1 Å². The van der Waals surface area contributed by atoms with E-state index in [9.17, 15) is 19.5 Å². The SMILES string of the molecule is C#CN(C(=O)C(Cc1ccc(O)cc1)NC(=O)OC(C)(C)C)C(C(=O)NC1CCCCC1)c1cc(C)cc(C)c1. The summed E-state index contributed by atoms with van der Waals surface area (Å²) >= 11 is 0. The molecule has 0 radical (unpaired) electrons. The van der Waals surface area contributed by atoms with Crippen LogP contribution in [0.1, 0.15) is 81.2 Å². The summed E-state index contributed by atoms with van der Waals surface area (Å²) in [5.74, 6) is -0.903. The summed E-state index contributed by atoms with van der Waals surface area (Å²) in [5.41, 5.74) is 2.35. The van der Waals surface area contributed by atoms with Crippen molar-refractivity contribution in [3.05, 3.63) is 64.7 Å². The Balaban J connectivity index is 1.99. The first-order chi connectivity index (χ1) is 18.9. The van der Waals surface area contributed by atoms with E-state index in [2.05, 4.69) is 16.7 Å². The van der Waals surface area contributed by atoms with E-state index in [0.717, 1.165) is 48.1 Å². The molecule has 214 valence electrons. The van der Waals surface area contributed by atoms with Crippen molar-refractivity contribution in [1.29, 1.82) is 0 Å². The van der Waals surface area contributed by atoms with Crippen LogP contribution in [0.4, 0.5) is 4.79 Å². The zero-order valence-electron chi connectivity index (χ0n) is 24.1. The molecule has 3 rings (SSSR count). The molecule has 2 unspecified atom stereocenters. The molecule has 0 heterocycles. The summed E-state index contributed by atoms with van der Waals surface area (Å²) in [7, 11) is 0.